The van der Waals surface area contributed by atoms with Crippen LogP contribution in [0, 0.1) is 17.0 Å². The maximum atomic E-state index is 12.0. The van der Waals surface area contributed by atoms with E-state index in [2.05, 4.69) is 25.6 Å². The number of carbonyl (C=O) groups excluding carboxylic acids is 2. The van der Waals surface area contributed by atoms with E-state index in [0.29, 0.717) is 24.3 Å². The summed E-state index contributed by atoms with van der Waals surface area (Å²) in [6.07, 6.45) is 4.92. The minimum atomic E-state index is -0.472. The van der Waals surface area contributed by atoms with Gasteiger partial charge >= 0.3 is 6.03 Å². The number of nitro benzene ring substituents is 1. The molecule has 11 heteroatoms. The number of carbonyl (C=O) groups is 1. The van der Waals surface area contributed by atoms with Gasteiger partial charge in [-0.2, -0.15) is 4.98 Å². The molecular formula is C20H24N6O5. The van der Waals surface area contributed by atoms with E-state index < -0.39 is 11.0 Å². The average molecular weight is 428 g/mol. The van der Waals surface area contributed by atoms with Crippen molar-refractivity contribution in [1.29, 1.82) is 0 Å². The molecule has 0 bridgehead atoms. The van der Waals surface area contributed by atoms with Crippen molar-refractivity contribution in [2.45, 2.75) is 39.2 Å². The third-order valence-corrected chi connectivity index (χ3v) is 4.17. The Balaban J connectivity index is 1.82. The molecule has 1 heterocycles. The van der Waals surface area contributed by atoms with Gasteiger partial charge in [0.05, 0.1) is 17.0 Å². The molecule has 1 aromatic heterocycles. The predicted molar refractivity (Wildman–Crippen MR) is 113 cm³/mol. The topological polar surface area (TPSA) is 149 Å². The van der Waals surface area contributed by atoms with Crippen LogP contribution in [0.3, 0.4) is 0 Å². The second-order valence-corrected chi connectivity index (χ2v) is 6.61. The number of hydrogen-bond acceptors (Lipinski definition) is 8. The second-order valence-electron chi connectivity index (χ2n) is 6.61. The molecule has 1 aromatic carbocycles. The Labute approximate surface area is 179 Å². The SMILES string of the molecule is Cc1cc(OCc2ccccc2[N+](=O)[O-])nc(NC(=O)NCCCCCCN=C=O)n1. The highest BCUT2D eigenvalue weighted by molar-refractivity contribution is 5.87. The molecule has 0 aliphatic carbocycles. The highest BCUT2D eigenvalue weighted by Crippen LogP contribution is 2.20. The molecule has 2 N–H and O–H groups in total. The summed E-state index contributed by atoms with van der Waals surface area (Å²) in [4.78, 5) is 44.4. The number of aliphatic imine (C=N–C) groups is 1. The van der Waals surface area contributed by atoms with Crippen LogP contribution >= 0.6 is 0 Å². The van der Waals surface area contributed by atoms with Crippen LogP contribution in [0.4, 0.5) is 16.4 Å². The lowest BCUT2D eigenvalue weighted by molar-refractivity contribution is -0.385. The highest BCUT2D eigenvalue weighted by Gasteiger charge is 2.14. The lowest BCUT2D eigenvalue weighted by Gasteiger charge is -2.10. The van der Waals surface area contributed by atoms with Crippen molar-refractivity contribution in [3.05, 3.63) is 51.7 Å². The summed E-state index contributed by atoms with van der Waals surface area (Å²) in [6, 6.07) is 7.41. The monoisotopic (exact) mass is 428 g/mol. The summed E-state index contributed by atoms with van der Waals surface area (Å²) in [5.74, 6) is 0.265. The van der Waals surface area contributed by atoms with Gasteiger partial charge in [-0.3, -0.25) is 15.4 Å². The Kier molecular flexibility index (Phi) is 9.57. The van der Waals surface area contributed by atoms with Crippen LogP contribution in [-0.2, 0) is 11.4 Å². The van der Waals surface area contributed by atoms with Crippen molar-refractivity contribution in [1.82, 2.24) is 15.3 Å². The van der Waals surface area contributed by atoms with Crippen LogP contribution in [0.2, 0.25) is 0 Å². The van der Waals surface area contributed by atoms with E-state index in [1.807, 2.05) is 0 Å². The number of nitro groups is 1. The van der Waals surface area contributed by atoms with Crippen molar-refractivity contribution >= 4 is 23.7 Å². The number of aromatic nitrogens is 2. The van der Waals surface area contributed by atoms with Crippen molar-refractivity contribution < 1.29 is 19.2 Å². The van der Waals surface area contributed by atoms with E-state index in [9.17, 15) is 19.7 Å². The van der Waals surface area contributed by atoms with Crippen molar-refractivity contribution in [3.63, 3.8) is 0 Å². The smallest absolute Gasteiger partial charge is 0.321 e. The van der Waals surface area contributed by atoms with Gasteiger partial charge in [-0.15, -0.1) is 0 Å². The normalized spacial score (nSPS) is 10.1. The zero-order chi connectivity index (χ0) is 22.5. The van der Waals surface area contributed by atoms with E-state index in [0.717, 1.165) is 25.7 Å². The number of benzene rings is 1. The standard InChI is InChI=1S/C20H24N6O5/c1-15-12-18(31-13-16-8-4-5-9-17(16)26(29)30)24-19(23-15)25-20(28)22-11-7-3-2-6-10-21-14-27/h4-5,8-9,12H,2-3,6-7,10-11,13H2,1H3,(H2,22,23,24,25,28). The Hall–Kier alpha value is -3.85. The summed E-state index contributed by atoms with van der Waals surface area (Å²) in [5, 5.41) is 16.4. The zero-order valence-corrected chi connectivity index (χ0v) is 17.2. The number of hydrogen-bond donors (Lipinski definition) is 2. The predicted octanol–water partition coefficient (Wildman–Crippen LogP) is 3.29. The van der Waals surface area contributed by atoms with Crippen LogP contribution in [-0.4, -0.2) is 40.1 Å². The van der Waals surface area contributed by atoms with Gasteiger partial charge in [0.1, 0.15) is 6.61 Å². The largest absolute Gasteiger partial charge is 0.472 e. The number of anilines is 1. The first-order valence-electron chi connectivity index (χ1n) is 9.79. The molecule has 0 atom stereocenters. The molecule has 0 saturated carbocycles. The van der Waals surface area contributed by atoms with Gasteiger partial charge in [0.15, 0.2) is 0 Å². The molecule has 0 fully saturated rings. The van der Waals surface area contributed by atoms with Gasteiger partial charge in [-0.05, 0) is 25.8 Å². The van der Waals surface area contributed by atoms with Crippen LogP contribution in [0.15, 0.2) is 35.3 Å². The van der Waals surface area contributed by atoms with Crippen molar-refractivity contribution in [3.8, 4) is 5.88 Å². The molecule has 0 aliphatic rings. The Morgan fingerprint density at radius 2 is 2.00 bits per heavy atom. The van der Waals surface area contributed by atoms with Crippen LogP contribution in [0.5, 0.6) is 5.88 Å². The van der Waals surface area contributed by atoms with Gasteiger partial charge in [0, 0.05) is 24.4 Å². The van der Waals surface area contributed by atoms with Gasteiger partial charge in [-0.25, -0.2) is 19.6 Å². The number of rotatable bonds is 12. The van der Waals surface area contributed by atoms with E-state index in [4.69, 9.17) is 4.74 Å². The number of para-hydroxylation sites is 1. The highest BCUT2D eigenvalue weighted by atomic mass is 16.6. The van der Waals surface area contributed by atoms with Crippen LogP contribution < -0.4 is 15.4 Å². The molecule has 0 saturated heterocycles. The molecule has 31 heavy (non-hydrogen) atoms. The minimum absolute atomic E-state index is 0.0394. The van der Waals surface area contributed by atoms with Gasteiger partial charge < -0.3 is 10.1 Å². The zero-order valence-electron chi connectivity index (χ0n) is 17.2. The summed E-state index contributed by atoms with van der Waals surface area (Å²) >= 11 is 0. The van der Waals surface area contributed by atoms with E-state index in [1.165, 1.54) is 12.1 Å². The molecule has 2 amide bonds. The molecule has 0 spiro atoms. The van der Waals surface area contributed by atoms with E-state index in [-0.39, 0.29) is 24.1 Å². The molecule has 0 unspecified atom stereocenters. The summed E-state index contributed by atoms with van der Waals surface area (Å²) < 4.78 is 5.58. The maximum absolute atomic E-state index is 12.0. The number of urea groups is 1. The first-order chi connectivity index (χ1) is 15.0. The maximum Gasteiger partial charge on any atom is 0.321 e. The minimum Gasteiger partial charge on any atom is -0.472 e. The number of unbranched alkanes of at least 4 members (excludes halogenated alkanes) is 3. The molecule has 164 valence electrons. The van der Waals surface area contributed by atoms with Gasteiger partial charge in [-0.1, -0.05) is 25.0 Å². The summed E-state index contributed by atoms with van der Waals surface area (Å²) in [5.41, 5.74) is 0.942. The number of nitrogens with one attached hydrogen (secondary N) is 2. The number of aryl methyl sites for hydroxylation is 1. The number of ether oxygens (including phenoxy) is 1. The molecular weight excluding hydrogens is 404 g/mol. The van der Waals surface area contributed by atoms with Gasteiger partial charge in [0.25, 0.3) is 5.69 Å². The Morgan fingerprint density at radius 3 is 2.77 bits per heavy atom. The first kappa shape index (κ1) is 23.4. The lowest BCUT2D eigenvalue weighted by Crippen LogP contribution is -2.30. The third-order valence-electron chi connectivity index (χ3n) is 4.17. The van der Waals surface area contributed by atoms with Crippen LogP contribution in [0.1, 0.15) is 36.9 Å². The third kappa shape index (κ3) is 8.58. The second kappa shape index (κ2) is 12.7. The number of amides is 2. The molecule has 2 rings (SSSR count). The number of nitrogens with zero attached hydrogens (tertiary/aromatic N) is 4. The fraction of sp³-hybridized carbons (Fsp3) is 0.400. The Bertz CT molecular complexity index is 945. The van der Waals surface area contributed by atoms with Crippen molar-refractivity contribution in [2.24, 2.45) is 4.99 Å². The molecule has 0 radical (unpaired) electrons. The lowest BCUT2D eigenvalue weighted by atomic mass is 10.2. The van der Waals surface area contributed by atoms with E-state index >= 15 is 0 Å². The quantitative estimate of drug-likeness (QED) is 0.173. The van der Waals surface area contributed by atoms with Crippen molar-refractivity contribution in [2.75, 3.05) is 18.4 Å². The summed E-state index contributed by atoms with van der Waals surface area (Å²) in [7, 11) is 0. The Morgan fingerprint density at radius 1 is 1.23 bits per heavy atom. The molecule has 2 aromatic rings. The molecule has 11 nitrogen and oxygen atoms in total. The van der Waals surface area contributed by atoms with Crippen LogP contribution in [0.25, 0.3) is 0 Å². The van der Waals surface area contributed by atoms with E-state index in [1.54, 1.807) is 31.2 Å². The molecule has 0 aliphatic heterocycles. The fourth-order valence-corrected chi connectivity index (χ4v) is 2.69. The van der Waals surface area contributed by atoms with Gasteiger partial charge in [0.2, 0.25) is 17.9 Å². The number of isocyanates is 1. The fourth-order valence-electron chi connectivity index (χ4n) is 2.69. The first-order valence-corrected chi connectivity index (χ1v) is 9.79. The summed E-state index contributed by atoms with van der Waals surface area (Å²) in [6.45, 7) is 2.63. The average Bonchev–Trinajstić information content (AvgIpc) is 2.74.